The number of rotatable bonds is 3. The maximum absolute atomic E-state index is 14.0. The normalized spacial score (nSPS) is 17.4. The van der Waals surface area contributed by atoms with Crippen LogP contribution < -0.4 is 0 Å². The monoisotopic (exact) mass is 374 g/mol. The Balaban J connectivity index is 1.59. The van der Waals surface area contributed by atoms with Gasteiger partial charge in [0.05, 0.1) is 22.7 Å². The Bertz CT molecular complexity index is 889. The largest absolute Gasteiger partial charge is 0.333 e. The third kappa shape index (κ3) is 3.14. The highest BCUT2D eigenvalue weighted by molar-refractivity contribution is 7.18. The van der Waals surface area contributed by atoms with Crippen LogP contribution in [0.3, 0.4) is 0 Å². The van der Waals surface area contributed by atoms with Crippen LogP contribution >= 0.6 is 22.9 Å². The summed E-state index contributed by atoms with van der Waals surface area (Å²) in [5.74, 6) is -0.537. The van der Waals surface area contributed by atoms with Gasteiger partial charge in [0.25, 0.3) is 0 Å². The maximum atomic E-state index is 14.0. The fourth-order valence-corrected chi connectivity index (χ4v) is 4.65. The molecule has 0 unspecified atom stereocenters. The van der Waals surface area contributed by atoms with Crippen molar-refractivity contribution in [2.75, 3.05) is 6.54 Å². The van der Waals surface area contributed by atoms with Gasteiger partial charge in [0, 0.05) is 17.1 Å². The van der Waals surface area contributed by atoms with Crippen LogP contribution in [-0.4, -0.2) is 22.3 Å². The van der Waals surface area contributed by atoms with E-state index in [1.807, 2.05) is 29.2 Å². The van der Waals surface area contributed by atoms with Crippen molar-refractivity contribution in [1.82, 2.24) is 9.88 Å². The van der Waals surface area contributed by atoms with E-state index in [-0.39, 0.29) is 23.9 Å². The molecule has 0 spiro atoms. The van der Waals surface area contributed by atoms with Crippen LogP contribution in [0.1, 0.15) is 29.5 Å². The molecule has 2 heterocycles. The lowest BCUT2D eigenvalue weighted by molar-refractivity contribution is -0.131. The lowest BCUT2D eigenvalue weighted by Crippen LogP contribution is -2.32. The van der Waals surface area contributed by atoms with Crippen molar-refractivity contribution in [2.45, 2.75) is 25.3 Å². The van der Waals surface area contributed by atoms with Gasteiger partial charge in [0.15, 0.2) is 0 Å². The summed E-state index contributed by atoms with van der Waals surface area (Å²) >= 11 is 7.69. The first-order valence-electron chi connectivity index (χ1n) is 8.21. The molecule has 1 fully saturated rings. The Labute approximate surface area is 154 Å². The second-order valence-corrected chi connectivity index (χ2v) is 7.61. The Morgan fingerprint density at radius 3 is 2.92 bits per heavy atom. The number of carbonyl (C=O) groups excluding carboxylic acids is 1. The molecule has 1 aliphatic heterocycles. The zero-order valence-electron chi connectivity index (χ0n) is 13.4. The average Bonchev–Trinajstić information content (AvgIpc) is 3.24. The number of benzene rings is 2. The molecule has 1 amide bonds. The van der Waals surface area contributed by atoms with Crippen LogP contribution in [0.4, 0.5) is 4.39 Å². The van der Waals surface area contributed by atoms with Crippen molar-refractivity contribution in [3.8, 4) is 0 Å². The van der Waals surface area contributed by atoms with Gasteiger partial charge in [-0.1, -0.05) is 29.8 Å². The molecule has 0 saturated carbocycles. The van der Waals surface area contributed by atoms with Crippen molar-refractivity contribution in [3.63, 3.8) is 0 Å². The van der Waals surface area contributed by atoms with Crippen molar-refractivity contribution >= 4 is 39.1 Å². The predicted molar refractivity (Wildman–Crippen MR) is 98.4 cm³/mol. The molecule has 0 bridgehead atoms. The number of likely N-dealkylation sites (tertiary alicyclic amines) is 1. The van der Waals surface area contributed by atoms with Crippen LogP contribution in [0.5, 0.6) is 0 Å². The highest BCUT2D eigenvalue weighted by atomic mass is 35.5. The quantitative estimate of drug-likeness (QED) is 0.646. The van der Waals surface area contributed by atoms with Crippen LogP contribution in [0.25, 0.3) is 10.2 Å². The zero-order valence-corrected chi connectivity index (χ0v) is 15.0. The number of halogens is 2. The van der Waals surface area contributed by atoms with Crippen LogP contribution in [0, 0.1) is 5.82 Å². The van der Waals surface area contributed by atoms with Gasteiger partial charge < -0.3 is 4.90 Å². The molecule has 3 nitrogen and oxygen atoms in total. The maximum Gasteiger partial charge on any atom is 0.227 e. The van der Waals surface area contributed by atoms with Crippen molar-refractivity contribution in [2.24, 2.45) is 0 Å². The first-order valence-corrected chi connectivity index (χ1v) is 9.41. The van der Waals surface area contributed by atoms with E-state index in [1.165, 1.54) is 6.07 Å². The summed E-state index contributed by atoms with van der Waals surface area (Å²) in [5.41, 5.74) is 1.23. The minimum atomic E-state index is -0.434. The number of hydrogen-bond donors (Lipinski definition) is 0. The van der Waals surface area contributed by atoms with Crippen molar-refractivity contribution in [3.05, 3.63) is 63.9 Å². The van der Waals surface area contributed by atoms with Gasteiger partial charge in [-0.25, -0.2) is 9.37 Å². The van der Waals surface area contributed by atoms with Gasteiger partial charge in [-0.2, -0.15) is 0 Å². The summed E-state index contributed by atoms with van der Waals surface area (Å²) in [6.45, 7) is 0.672. The van der Waals surface area contributed by atoms with Gasteiger partial charge in [-0.15, -0.1) is 11.3 Å². The van der Waals surface area contributed by atoms with E-state index in [0.717, 1.165) is 28.1 Å². The Kier molecular flexibility index (Phi) is 4.44. The molecule has 0 aliphatic carbocycles. The molecule has 0 N–H and O–H groups in total. The van der Waals surface area contributed by atoms with E-state index >= 15 is 0 Å². The fraction of sp³-hybridized carbons (Fsp3) is 0.263. The molecule has 2 aromatic carbocycles. The van der Waals surface area contributed by atoms with E-state index < -0.39 is 5.82 Å². The second-order valence-electron chi connectivity index (χ2n) is 6.14. The molecule has 1 atom stereocenters. The number of thiazole rings is 1. The molecule has 1 aromatic heterocycles. The Morgan fingerprint density at radius 1 is 1.28 bits per heavy atom. The number of hydrogen-bond acceptors (Lipinski definition) is 3. The summed E-state index contributed by atoms with van der Waals surface area (Å²) in [6.07, 6.45) is 1.79. The molecule has 0 radical (unpaired) electrons. The summed E-state index contributed by atoms with van der Waals surface area (Å²) in [5, 5.41) is 1.25. The topological polar surface area (TPSA) is 33.2 Å². The number of aromatic nitrogens is 1. The molecule has 1 saturated heterocycles. The minimum absolute atomic E-state index is 0.0209. The van der Waals surface area contributed by atoms with Crippen molar-refractivity contribution < 1.29 is 9.18 Å². The van der Waals surface area contributed by atoms with Gasteiger partial charge >= 0.3 is 0 Å². The number of amides is 1. The van der Waals surface area contributed by atoms with Gasteiger partial charge in [0.1, 0.15) is 10.8 Å². The number of para-hydroxylation sites is 1. The lowest BCUT2D eigenvalue weighted by atomic mass is 10.1. The third-order valence-electron chi connectivity index (χ3n) is 4.56. The molecule has 1 aliphatic rings. The SMILES string of the molecule is O=C(Cc1c(F)cccc1Cl)N1CCC[C@H]1c1nc2ccccc2s1. The third-order valence-corrected chi connectivity index (χ3v) is 6.05. The molecule has 25 heavy (non-hydrogen) atoms. The zero-order chi connectivity index (χ0) is 17.4. The lowest BCUT2D eigenvalue weighted by Gasteiger charge is -2.23. The number of nitrogens with zero attached hydrogens (tertiary/aromatic N) is 2. The Morgan fingerprint density at radius 2 is 2.12 bits per heavy atom. The van der Waals surface area contributed by atoms with E-state index in [0.29, 0.717) is 11.6 Å². The molecule has 3 aromatic rings. The number of fused-ring (bicyclic) bond motifs is 1. The summed E-state index contributed by atoms with van der Waals surface area (Å²) in [6, 6.07) is 12.4. The minimum Gasteiger partial charge on any atom is -0.333 e. The summed E-state index contributed by atoms with van der Waals surface area (Å²) < 4.78 is 15.1. The van der Waals surface area contributed by atoms with Crippen LogP contribution in [0.2, 0.25) is 5.02 Å². The first kappa shape index (κ1) is 16.5. The van der Waals surface area contributed by atoms with Crippen LogP contribution in [-0.2, 0) is 11.2 Å². The number of carbonyl (C=O) groups is 1. The Hall–Kier alpha value is -1.98. The van der Waals surface area contributed by atoms with Crippen LogP contribution in [0.15, 0.2) is 42.5 Å². The first-order chi connectivity index (χ1) is 12.1. The second kappa shape index (κ2) is 6.73. The molecule has 4 rings (SSSR count). The molecular weight excluding hydrogens is 359 g/mol. The predicted octanol–water partition coefficient (Wildman–Crippen LogP) is 5.00. The standard InChI is InChI=1S/C19H16ClFN2OS/c20-13-5-3-6-14(21)12(13)11-18(24)23-10-4-8-16(23)19-22-15-7-1-2-9-17(15)25-19/h1-3,5-7,9,16H,4,8,10-11H2/t16-/m0/s1. The van der Waals surface area contributed by atoms with Gasteiger partial charge in [-0.3, -0.25) is 4.79 Å². The molecule has 6 heteroatoms. The summed E-state index contributed by atoms with van der Waals surface area (Å²) in [4.78, 5) is 19.3. The van der Waals surface area contributed by atoms with E-state index in [4.69, 9.17) is 16.6 Å². The summed E-state index contributed by atoms with van der Waals surface area (Å²) in [7, 11) is 0. The molecular formula is C19H16ClFN2OS. The van der Waals surface area contributed by atoms with E-state index in [2.05, 4.69) is 0 Å². The van der Waals surface area contributed by atoms with Gasteiger partial charge in [-0.05, 0) is 37.1 Å². The molecule has 128 valence electrons. The van der Waals surface area contributed by atoms with Crippen molar-refractivity contribution in [1.29, 1.82) is 0 Å². The van der Waals surface area contributed by atoms with Gasteiger partial charge in [0.2, 0.25) is 5.91 Å². The smallest absolute Gasteiger partial charge is 0.227 e. The fourth-order valence-electron chi connectivity index (χ4n) is 3.31. The highest BCUT2D eigenvalue weighted by Gasteiger charge is 2.32. The highest BCUT2D eigenvalue weighted by Crippen LogP contribution is 2.37. The van der Waals surface area contributed by atoms with E-state index in [1.54, 1.807) is 23.5 Å². The van der Waals surface area contributed by atoms with E-state index in [9.17, 15) is 9.18 Å². The average molecular weight is 375 g/mol.